The van der Waals surface area contributed by atoms with Crippen LogP contribution < -0.4 is 5.73 Å². The number of aromatic nitrogens is 2. The lowest BCUT2D eigenvalue weighted by atomic mass is 10.5. The largest absolute Gasteiger partial charge is 0.466 e. The van der Waals surface area contributed by atoms with E-state index in [1.807, 2.05) is 0 Å². The zero-order valence-electron chi connectivity index (χ0n) is 8.51. The third-order valence-electron chi connectivity index (χ3n) is 1.46. The molecule has 1 aromatic rings. The van der Waals surface area contributed by atoms with Crippen molar-refractivity contribution in [1.82, 2.24) is 9.97 Å². The van der Waals surface area contributed by atoms with Gasteiger partial charge in [0.2, 0.25) is 0 Å². The van der Waals surface area contributed by atoms with Gasteiger partial charge < -0.3 is 10.5 Å². The molecule has 0 bridgehead atoms. The normalized spacial score (nSPS) is 10.6. The SMILES string of the molecule is COC(=O)/C=C/CSc1nc(N)cc(Cl)n1. The first kappa shape index (κ1) is 12.8. The van der Waals surface area contributed by atoms with Crippen LogP contribution in [0.15, 0.2) is 23.4 Å². The molecule has 7 heteroatoms. The van der Waals surface area contributed by atoms with Crippen molar-refractivity contribution in [3.8, 4) is 0 Å². The fraction of sp³-hybridized carbons (Fsp3) is 0.222. The molecule has 0 atom stereocenters. The zero-order chi connectivity index (χ0) is 12.0. The Balaban J connectivity index is 2.49. The molecule has 0 saturated carbocycles. The highest BCUT2D eigenvalue weighted by atomic mass is 35.5. The fourth-order valence-corrected chi connectivity index (χ4v) is 1.73. The fourth-order valence-electron chi connectivity index (χ4n) is 0.813. The molecule has 0 aliphatic heterocycles. The van der Waals surface area contributed by atoms with Crippen molar-refractivity contribution in [3.05, 3.63) is 23.4 Å². The Morgan fingerprint density at radius 2 is 2.44 bits per heavy atom. The molecule has 86 valence electrons. The van der Waals surface area contributed by atoms with Gasteiger partial charge in [0.1, 0.15) is 11.0 Å². The molecule has 0 aromatic carbocycles. The van der Waals surface area contributed by atoms with E-state index in [-0.39, 0.29) is 0 Å². The molecule has 1 heterocycles. The summed E-state index contributed by atoms with van der Waals surface area (Å²) in [5, 5.41) is 0.770. The summed E-state index contributed by atoms with van der Waals surface area (Å²) >= 11 is 7.02. The maximum atomic E-state index is 10.7. The maximum Gasteiger partial charge on any atom is 0.330 e. The van der Waals surface area contributed by atoms with Crippen molar-refractivity contribution in [2.45, 2.75) is 5.16 Å². The molecular formula is C9H10ClN3O2S. The van der Waals surface area contributed by atoms with Gasteiger partial charge in [0, 0.05) is 17.9 Å². The van der Waals surface area contributed by atoms with Crippen LogP contribution in [0.1, 0.15) is 0 Å². The molecule has 0 aliphatic rings. The van der Waals surface area contributed by atoms with E-state index in [4.69, 9.17) is 17.3 Å². The van der Waals surface area contributed by atoms with Gasteiger partial charge in [-0.05, 0) is 0 Å². The minimum atomic E-state index is -0.396. The van der Waals surface area contributed by atoms with Gasteiger partial charge in [-0.2, -0.15) is 0 Å². The van der Waals surface area contributed by atoms with Crippen LogP contribution in [0.2, 0.25) is 5.15 Å². The molecule has 0 spiro atoms. The predicted molar refractivity (Wildman–Crippen MR) is 63.3 cm³/mol. The van der Waals surface area contributed by atoms with Crippen LogP contribution in [0, 0.1) is 0 Å². The number of ether oxygens (including phenoxy) is 1. The number of nitrogen functional groups attached to an aromatic ring is 1. The Morgan fingerprint density at radius 1 is 1.69 bits per heavy atom. The number of nitrogens with zero attached hydrogens (tertiary/aromatic N) is 2. The molecule has 0 unspecified atom stereocenters. The Bertz CT molecular complexity index is 391. The van der Waals surface area contributed by atoms with Crippen molar-refractivity contribution in [1.29, 1.82) is 0 Å². The number of methoxy groups -OCH3 is 1. The summed E-state index contributed by atoms with van der Waals surface area (Å²) in [6, 6.07) is 1.47. The van der Waals surface area contributed by atoms with Crippen molar-refractivity contribution >= 4 is 35.1 Å². The van der Waals surface area contributed by atoms with Gasteiger partial charge in [-0.15, -0.1) is 0 Å². The van der Waals surface area contributed by atoms with Gasteiger partial charge >= 0.3 is 5.97 Å². The molecule has 0 aliphatic carbocycles. The molecule has 0 amide bonds. The standard InChI is InChI=1S/C9H10ClN3O2S/c1-15-8(14)3-2-4-16-9-12-6(10)5-7(11)13-9/h2-3,5H,4H2,1H3,(H2,11,12,13)/b3-2+. The van der Waals surface area contributed by atoms with E-state index in [0.29, 0.717) is 21.9 Å². The topological polar surface area (TPSA) is 78.1 Å². The predicted octanol–water partition coefficient (Wildman–Crippen LogP) is 1.53. The molecule has 0 fully saturated rings. The van der Waals surface area contributed by atoms with Gasteiger partial charge in [-0.1, -0.05) is 29.4 Å². The van der Waals surface area contributed by atoms with E-state index in [2.05, 4.69) is 14.7 Å². The molecule has 0 saturated heterocycles. The second-order valence-electron chi connectivity index (χ2n) is 2.63. The number of hydrogen-bond donors (Lipinski definition) is 1. The van der Waals surface area contributed by atoms with E-state index in [1.165, 1.54) is 31.0 Å². The summed E-state index contributed by atoms with van der Waals surface area (Å²) in [4.78, 5) is 18.7. The molecule has 1 rings (SSSR count). The summed E-state index contributed by atoms with van der Waals surface area (Å²) in [7, 11) is 1.32. The van der Waals surface area contributed by atoms with Crippen LogP contribution in [0.4, 0.5) is 5.82 Å². The quantitative estimate of drug-likeness (QED) is 0.290. The first-order valence-electron chi connectivity index (χ1n) is 4.29. The highest BCUT2D eigenvalue weighted by Gasteiger charge is 2.00. The Hall–Kier alpha value is -1.27. The lowest BCUT2D eigenvalue weighted by molar-refractivity contribution is -0.134. The van der Waals surface area contributed by atoms with Gasteiger partial charge in [-0.25, -0.2) is 14.8 Å². The van der Waals surface area contributed by atoms with E-state index in [1.54, 1.807) is 6.08 Å². The first-order chi connectivity index (χ1) is 7.61. The Kier molecular flexibility index (Phi) is 5.07. The van der Waals surface area contributed by atoms with Crippen molar-refractivity contribution in [3.63, 3.8) is 0 Å². The molecule has 1 aromatic heterocycles. The summed E-state index contributed by atoms with van der Waals surface area (Å²) < 4.78 is 4.43. The second kappa shape index (κ2) is 6.34. The third-order valence-corrected chi connectivity index (χ3v) is 2.45. The monoisotopic (exact) mass is 259 g/mol. The highest BCUT2D eigenvalue weighted by molar-refractivity contribution is 7.99. The van der Waals surface area contributed by atoms with Crippen molar-refractivity contribution in [2.24, 2.45) is 0 Å². The number of carbonyl (C=O) groups is 1. The first-order valence-corrected chi connectivity index (χ1v) is 5.65. The van der Waals surface area contributed by atoms with E-state index in [9.17, 15) is 4.79 Å². The smallest absolute Gasteiger partial charge is 0.330 e. The van der Waals surface area contributed by atoms with Crippen molar-refractivity contribution < 1.29 is 9.53 Å². The minimum absolute atomic E-state index is 0.298. The molecule has 0 radical (unpaired) electrons. The maximum absolute atomic E-state index is 10.7. The van der Waals surface area contributed by atoms with Crippen LogP contribution in [0.3, 0.4) is 0 Å². The average molecular weight is 260 g/mol. The third kappa shape index (κ3) is 4.50. The Labute approximate surface area is 102 Å². The molecule has 5 nitrogen and oxygen atoms in total. The van der Waals surface area contributed by atoms with Crippen LogP contribution in [0.25, 0.3) is 0 Å². The molecular weight excluding hydrogens is 250 g/mol. The highest BCUT2D eigenvalue weighted by Crippen LogP contribution is 2.17. The number of carbonyl (C=O) groups excluding carboxylic acids is 1. The Morgan fingerprint density at radius 3 is 3.06 bits per heavy atom. The van der Waals surface area contributed by atoms with E-state index in [0.717, 1.165) is 0 Å². The lowest BCUT2D eigenvalue weighted by Gasteiger charge is -1.99. The average Bonchev–Trinajstić information content (AvgIpc) is 2.22. The second-order valence-corrected chi connectivity index (χ2v) is 4.01. The van der Waals surface area contributed by atoms with E-state index >= 15 is 0 Å². The van der Waals surface area contributed by atoms with Crippen LogP contribution in [-0.4, -0.2) is 28.8 Å². The molecule has 2 N–H and O–H groups in total. The summed E-state index contributed by atoms with van der Waals surface area (Å²) in [5.41, 5.74) is 5.49. The van der Waals surface area contributed by atoms with Gasteiger partial charge in [-0.3, -0.25) is 0 Å². The summed E-state index contributed by atoms with van der Waals surface area (Å²) in [6.07, 6.45) is 2.98. The van der Waals surface area contributed by atoms with Gasteiger partial charge in [0.25, 0.3) is 0 Å². The van der Waals surface area contributed by atoms with E-state index < -0.39 is 5.97 Å². The van der Waals surface area contributed by atoms with Crippen LogP contribution in [-0.2, 0) is 9.53 Å². The number of nitrogens with two attached hydrogens (primary N) is 1. The van der Waals surface area contributed by atoms with Gasteiger partial charge in [0.15, 0.2) is 5.16 Å². The number of thioether (sulfide) groups is 1. The number of hydrogen-bond acceptors (Lipinski definition) is 6. The van der Waals surface area contributed by atoms with Crippen LogP contribution >= 0.6 is 23.4 Å². The summed E-state index contributed by atoms with van der Waals surface area (Å²) in [6.45, 7) is 0. The number of esters is 1. The molecule has 16 heavy (non-hydrogen) atoms. The number of anilines is 1. The minimum Gasteiger partial charge on any atom is -0.466 e. The lowest BCUT2D eigenvalue weighted by Crippen LogP contribution is -1.96. The van der Waals surface area contributed by atoms with Crippen LogP contribution in [0.5, 0.6) is 0 Å². The number of halogens is 1. The number of rotatable bonds is 4. The zero-order valence-corrected chi connectivity index (χ0v) is 10.1. The van der Waals surface area contributed by atoms with Crippen molar-refractivity contribution in [2.75, 3.05) is 18.6 Å². The van der Waals surface area contributed by atoms with Gasteiger partial charge in [0.05, 0.1) is 7.11 Å². The summed E-state index contributed by atoms with van der Waals surface area (Å²) in [5.74, 6) is 0.459.